The van der Waals surface area contributed by atoms with Crippen molar-refractivity contribution in [2.24, 2.45) is 0 Å². The van der Waals surface area contributed by atoms with Crippen LogP contribution >= 0.6 is 0 Å². The first kappa shape index (κ1) is 14.5. The van der Waals surface area contributed by atoms with Crippen molar-refractivity contribution in [3.05, 3.63) is 59.2 Å². The Kier molecular flexibility index (Phi) is 4.35. The maximum Gasteiger partial charge on any atom is 0.146 e. The number of aryl methyl sites for hydroxylation is 1. The summed E-state index contributed by atoms with van der Waals surface area (Å²) in [7, 11) is 1.80. The Hall–Kier alpha value is -1.94. The Morgan fingerprint density at radius 1 is 1.25 bits per heavy atom. The van der Waals surface area contributed by atoms with Crippen LogP contribution in [-0.4, -0.2) is 17.1 Å². The van der Waals surface area contributed by atoms with E-state index in [2.05, 4.69) is 4.98 Å². The van der Waals surface area contributed by atoms with Crippen LogP contribution in [0.5, 0.6) is 0 Å². The average Bonchev–Trinajstić information content (AvgIpc) is 2.38. The van der Waals surface area contributed by atoms with E-state index in [4.69, 9.17) is 0 Å². The first-order valence-corrected chi connectivity index (χ1v) is 6.59. The lowest BCUT2D eigenvalue weighted by Gasteiger charge is -2.24. The molecule has 0 amide bonds. The van der Waals surface area contributed by atoms with E-state index in [0.29, 0.717) is 17.8 Å². The van der Waals surface area contributed by atoms with Crippen LogP contribution < -0.4 is 4.90 Å². The number of aromatic nitrogens is 1. The van der Waals surface area contributed by atoms with E-state index < -0.39 is 6.10 Å². The van der Waals surface area contributed by atoms with Gasteiger partial charge in [0.2, 0.25) is 0 Å². The molecule has 0 unspecified atom stereocenters. The predicted molar refractivity (Wildman–Crippen MR) is 78.1 cm³/mol. The molecule has 4 heteroatoms. The summed E-state index contributed by atoms with van der Waals surface area (Å²) in [4.78, 5) is 6.19. The van der Waals surface area contributed by atoms with Gasteiger partial charge in [-0.05, 0) is 32.0 Å². The smallest absolute Gasteiger partial charge is 0.146 e. The predicted octanol–water partition coefficient (Wildman–Crippen LogP) is 3.22. The zero-order chi connectivity index (χ0) is 14.7. The molecule has 2 aromatic rings. The second-order valence-electron chi connectivity index (χ2n) is 4.98. The number of para-hydroxylation sites is 1. The number of halogens is 1. The largest absolute Gasteiger partial charge is 0.389 e. The fourth-order valence-electron chi connectivity index (χ4n) is 2.28. The number of hydrogen-bond acceptors (Lipinski definition) is 3. The van der Waals surface area contributed by atoms with Crippen molar-refractivity contribution in [3.63, 3.8) is 0 Å². The molecular formula is C16H19FN2O. The van der Waals surface area contributed by atoms with Gasteiger partial charge < -0.3 is 10.0 Å². The zero-order valence-electron chi connectivity index (χ0n) is 12.0. The second-order valence-corrected chi connectivity index (χ2v) is 4.98. The van der Waals surface area contributed by atoms with Crippen LogP contribution in [0.3, 0.4) is 0 Å². The molecular weight excluding hydrogens is 255 g/mol. The number of aliphatic hydroxyl groups is 1. The summed E-state index contributed by atoms with van der Waals surface area (Å²) in [6.45, 7) is 4.05. The third-order valence-electron chi connectivity index (χ3n) is 3.19. The monoisotopic (exact) mass is 274 g/mol. The fraction of sp³-hybridized carbons (Fsp3) is 0.312. The van der Waals surface area contributed by atoms with Crippen LogP contribution in [0.25, 0.3) is 0 Å². The van der Waals surface area contributed by atoms with Crippen LogP contribution in [0, 0.1) is 12.7 Å². The van der Waals surface area contributed by atoms with Crippen LogP contribution in [0.15, 0.2) is 36.4 Å². The highest BCUT2D eigenvalue weighted by Gasteiger charge is 2.16. The molecule has 1 aromatic carbocycles. The van der Waals surface area contributed by atoms with Gasteiger partial charge in [0.1, 0.15) is 5.82 Å². The highest BCUT2D eigenvalue weighted by Crippen LogP contribution is 2.29. The minimum atomic E-state index is -0.714. The Morgan fingerprint density at radius 3 is 2.60 bits per heavy atom. The van der Waals surface area contributed by atoms with Crippen LogP contribution in [0.1, 0.15) is 30.0 Å². The number of nitrogens with zero attached hydrogens (tertiary/aromatic N) is 2. The Labute approximate surface area is 118 Å². The molecule has 106 valence electrons. The molecule has 20 heavy (non-hydrogen) atoms. The van der Waals surface area contributed by atoms with E-state index in [1.807, 2.05) is 25.1 Å². The number of benzene rings is 1. The molecule has 1 heterocycles. The van der Waals surface area contributed by atoms with Gasteiger partial charge in [-0.2, -0.15) is 0 Å². The SMILES string of the molecule is Cc1cccc(CN(C)c2c(F)cccc2[C@H](C)O)n1. The topological polar surface area (TPSA) is 36.4 Å². The highest BCUT2D eigenvalue weighted by molar-refractivity contribution is 5.55. The number of rotatable bonds is 4. The summed E-state index contributed by atoms with van der Waals surface area (Å²) < 4.78 is 14.1. The van der Waals surface area contributed by atoms with Gasteiger partial charge in [0.25, 0.3) is 0 Å². The van der Waals surface area contributed by atoms with E-state index in [1.165, 1.54) is 6.07 Å². The van der Waals surface area contributed by atoms with E-state index in [9.17, 15) is 9.50 Å². The van der Waals surface area contributed by atoms with Gasteiger partial charge in [-0.1, -0.05) is 18.2 Å². The molecule has 0 saturated heterocycles. The quantitative estimate of drug-likeness (QED) is 0.930. The van der Waals surface area contributed by atoms with Crippen molar-refractivity contribution in [1.29, 1.82) is 0 Å². The van der Waals surface area contributed by atoms with E-state index >= 15 is 0 Å². The van der Waals surface area contributed by atoms with Gasteiger partial charge in [-0.25, -0.2) is 4.39 Å². The third-order valence-corrected chi connectivity index (χ3v) is 3.19. The summed E-state index contributed by atoms with van der Waals surface area (Å²) in [6.07, 6.45) is -0.714. The zero-order valence-corrected chi connectivity index (χ0v) is 12.0. The molecule has 0 radical (unpaired) electrons. The second kappa shape index (κ2) is 6.01. The Bertz CT molecular complexity index is 599. The first-order chi connectivity index (χ1) is 9.49. The molecule has 2 rings (SSSR count). The number of aliphatic hydroxyl groups excluding tert-OH is 1. The molecule has 0 spiro atoms. The normalized spacial score (nSPS) is 12.2. The number of pyridine rings is 1. The van der Waals surface area contributed by atoms with Crippen LogP contribution in [0.2, 0.25) is 0 Å². The van der Waals surface area contributed by atoms with Crippen LogP contribution in [0.4, 0.5) is 10.1 Å². The number of anilines is 1. The van der Waals surface area contributed by atoms with E-state index in [-0.39, 0.29) is 5.82 Å². The summed E-state index contributed by atoms with van der Waals surface area (Å²) in [5.41, 5.74) is 2.80. The Balaban J connectivity index is 2.31. The molecule has 0 bridgehead atoms. The summed E-state index contributed by atoms with van der Waals surface area (Å²) >= 11 is 0. The molecule has 0 aliphatic carbocycles. The average molecular weight is 274 g/mol. The van der Waals surface area contributed by atoms with Crippen molar-refractivity contribution < 1.29 is 9.50 Å². The fourth-order valence-corrected chi connectivity index (χ4v) is 2.28. The summed E-state index contributed by atoms with van der Waals surface area (Å²) in [6, 6.07) is 10.5. The summed E-state index contributed by atoms with van der Waals surface area (Å²) in [5.74, 6) is -0.335. The Morgan fingerprint density at radius 2 is 1.95 bits per heavy atom. The lowest BCUT2D eigenvalue weighted by atomic mass is 10.1. The van der Waals surface area contributed by atoms with Crippen molar-refractivity contribution in [2.45, 2.75) is 26.5 Å². The van der Waals surface area contributed by atoms with Gasteiger partial charge in [0, 0.05) is 18.3 Å². The van der Waals surface area contributed by atoms with Crippen molar-refractivity contribution in [2.75, 3.05) is 11.9 Å². The highest BCUT2D eigenvalue weighted by atomic mass is 19.1. The van der Waals surface area contributed by atoms with Gasteiger partial charge in [-0.3, -0.25) is 4.98 Å². The first-order valence-electron chi connectivity index (χ1n) is 6.59. The molecule has 1 atom stereocenters. The maximum absolute atomic E-state index is 14.1. The van der Waals surface area contributed by atoms with E-state index in [0.717, 1.165) is 11.4 Å². The molecule has 1 aromatic heterocycles. The molecule has 0 aliphatic heterocycles. The molecule has 3 nitrogen and oxygen atoms in total. The minimum Gasteiger partial charge on any atom is -0.389 e. The van der Waals surface area contributed by atoms with Gasteiger partial charge in [0.05, 0.1) is 24.0 Å². The lowest BCUT2D eigenvalue weighted by Crippen LogP contribution is -2.21. The van der Waals surface area contributed by atoms with Gasteiger partial charge in [0.15, 0.2) is 0 Å². The maximum atomic E-state index is 14.1. The van der Waals surface area contributed by atoms with Crippen molar-refractivity contribution in [1.82, 2.24) is 4.98 Å². The van der Waals surface area contributed by atoms with Crippen LogP contribution in [-0.2, 0) is 6.54 Å². The van der Waals surface area contributed by atoms with Crippen molar-refractivity contribution >= 4 is 5.69 Å². The molecule has 0 saturated carbocycles. The molecule has 0 fully saturated rings. The molecule has 0 aliphatic rings. The summed E-state index contributed by atoms with van der Waals surface area (Å²) in [5, 5.41) is 9.78. The lowest BCUT2D eigenvalue weighted by molar-refractivity contribution is 0.199. The molecule has 1 N–H and O–H groups in total. The van der Waals surface area contributed by atoms with Crippen molar-refractivity contribution in [3.8, 4) is 0 Å². The standard InChI is InChI=1S/C16H19FN2O/c1-11-6-4-7-13(18-11)10-19(3)16-14(12(2)20)8-5-9-15(16)17/h4-9,12,20H,10H2,1-3H3/t12-/m0/s1. The van der Waals surface area contributed by atoms with Gasteiger partial charge in [-0.15, -0.1) is 0 Å². The van der Waals surface area contributed by atoms with E-state index in [1.54, 1.807) is 31.0 Å². The third kappa shape index (κ3) is 3.14. The van der Waals surface area contributed by atoms with Gasteiger partial charge >= 0.3 is 0 Å². The minimum absolute atomic E-state index is 0.335. The number of hydrogen-bond donors (Lipinski definition) is 1.